The standard InChI is InChI=1S/C11H20ClN.ClH/c1-9(2)10(3)5-6-11(9,12)8-13(4)7-10;/h5-8H2,1-4H3;1H. The van der Waals surface area contributed by atoms with Gasteiger partial charge in [0, 0.05) is 13.1 Å². The molecule has 84 valence electrons. The van der Waals surface area contributed by atoms with Gasteiger partial charge in [-0.25, -0.2) is 0 Å². The summed E-state index contributed by atoms with van der Waals surface area (Å²) in [7, 11) is 2.19. The average Bonchev–Trinajstić information content (AvgIpc) is 2.15. The maximum absolute atomic E-state index is 6.74. The third-order valence-corrected chi connectivity index (χ3v) is 5.62. The minimum atomic E-state index is 0. The Morgan fingerprint density at radius 3 is 2.14 bits per heavy atom. The molecule has 2 aliphatic rings. The van der Waals surface area contributed by atoms with Crippen LogP contribution in [0, 0.1) is 10.8 Å². The molecule has 1 aliphatic heterocycles. The summed E-state index contributed by atoms with van der Waals surface area (Å²) < 4.78 is 0. The predicted molar refractivity (Wildman–Crippen MR) is 64.5 cm³/mol. The average molecular weight is 238 g/mol. The van der Waals surface area contributed by atoms with Crippen LogP contribution in [0.15, 0.2) is 0 Å². The van der Waals surface area contributed by atoms with Crippen LogP contribution in [0.5, 0.6) is 0 Å². The van der Waals surface area contributed by atoms with Crippen molar-refractivity contribution < 1.29 is 0 Å². The normalized spacial score (nSPS) is 46.1. The van der Waals surface area contributed by atoms with Gasteiger partial charge < -0.3 is 4.90 Å². The molecule has 0 N–H and O–H groups in total. The lowest BCUT2D eigenvalue weighted by atomic mass is 9.63. The van der Waals surface area contributed by atoms with Crippen molar-refractivity contribution in [3.8, 4) is 0 Å². The highest BCUT2D eigenvalue weighted by Gasteiger charge is 2.62. The highest BCUT2D eigenvalue weighted by atomic mass is 35.5. The first kappa shape index (κ1) is 12.6. The summed E-state index contributed by atoms with van der Waals surface area (Å²) in [6.45, 7) is 9.35. The minimum Gasteiger partial charge on any atom is -0.304 e. The molecule has 1 aliphatic carbocycles. The Morgan fingerprint density at radius 2 is 1.64 bits per heavy atom. The van der Waals surface area contributed by atoms with Crippen molar-refractivity contribution in [1.82, 2.24) is 4.90 Å². The monoisotopic (exact) mass is 237 g/mol. The second kappa shape index (κ2) is 3.26. The summed E-state index contributed by atoms with van der Waals surface area (Å²) in [6, 6.07) is 0. The Hall–Kier alpha value is 0.540. The smallest absolute Gasteiger partial charge is 0.0629 e. The van der Waals surface area contributed by atoms with E-state index in [9.17, 15) is 0 Å². The van der Waals surface area contributed by atoms with Gasteiger partial charge in [0.05, 0.1) is 4.87 Å². The van der Waals surface area contributed by atoms with E-state index in [0.29, 0.717) is 5.41 Å². The highest BCUT2D eigenvalue weighted by Crippen LogP contribution is 2.63. The molecule has 1 nitrogen and oxygen atoms in total. The second-order valence-electron chi connectivity index (χ2n) is 5.82. The summed E-state index contributed by atoms with van der Waals surface area (Å²) in [5.41, 5.74) is 0.704. The van der Waals surface area contributed by atoms with Gasteiger partial charge in [-0.05, 0) is 30.7 Å². The summed E-state index contributed by atoms with van der Waals surface area (Å²) in [4.78, 5) is 2.42. The Bertz CT molecular complexity index is 219. The summed E-state index contributed by atoms with van der Waals surface area (Å²) in [5.74, 6) is 0. The molecular weight excluding hydrogens is 217 g/mol. The largest absolute Gasteiger partial charge is 0.304 e. The molecule has 0 aromatic rings. The molecule has 0 spiro atoms. The summed E-state index contributed by atoms with van der Waals surface area (Å²) in [5, 5.41) is 0. The number of hydrogen-bond acceptors (Lipinski definition) is 1. The van der Waals surface area contributed by atoms with Gasteiger partial charge in [0.1, 0.15) is 0 Å². The molecule has 3 heteroatoms. The summed E-state index contributed by atoms with van der Waals surface area (Å²) in [6.07, 6.45) is 2.47. The number of piperidine rings is 1. The van der Waals surface area contributed by atoms with Crippen LogP contribution in [0.2, 0.25) is 0 Å². The van der Waals surface area contributed by atoms with Crippen LogP contribution in [0.3, 0.4) is 0 Å². The van der Waals surface area contributed by atoms with E-state index in [1.54, 1.807) is 0 Å². The highest BCUT2D eigenvalue weighted by molar-refractivity contribution is 6.25. The third-order valence-electron chi connectivity index (χ3n) is 4.84. The molecular formula is C11H21Cl2N. The minimum absolute atomic E-state index is 0. The van der Waals surface area contributed by atoms with Gasteiger partial charge in [-0.2, -0.15) is 0 Å². The van der Waals surface area contributed by atoms with E-state index in [1.807, 2.05) is 0 Å². The lowest BCUT2D eigenvalue weighted by Gasteiger charge is -2.53. The van der Waals surface area contributed by atoms with Gasteiger partial charge in [0.2, 0.25) is 0 Å². The van der Waals surface area contributed by atoms with Crippen LogP contribution in [0.25, 0.3) is 0 Å². The van der Waals surface area contributed by atoms with Gasteiger partial charge in [0.15, 0.2) is 0 Å². The van der Waals surface area contributed by atoms with Crippen LogP contribution in [0.4, 0.5) is 0 Å². The Labute approximate surface area is 98.6 Å². The van der Waals surface area contributed by atoms with Crippen LogP contribution in [0.1, 0.15) is 33.6 Å². The molecule has 2 bridgehead atoms. The van der Waals surface area contributed by atoms with Crippen LogP contribution < -0.4 is 0 Å². The maximum Gasteiger partial charge on any atom is 0.0629 e. The number of nitrogens with zero attached hydrogens (tertiary/aromatic N) is 1. The zero-order valence-electron chi connectivity index (χ0n) is 9.56. The first-order valence-electron chi connectivity index (χ1n) is 5.18. The number of fused-ring (bicyclic) bond motifs is 2. The van der Waals surface area contributed by atoms with E-state index in [0.717, 1.165) is 6.54 Å². The summed E-state index contributed by atoms with van der Waals surface area (Å²) >= 11 is 6.74. The van der Waals surface area contributed by atoms with Crippen LogP contribution in [-0.4, -0.2) is 29.9 Å². The van der Waals surface area contributed by atoms with Crippen molar-refractivity contribution in [3.63, 3.8) is 0 Å². The zero-order chi connectivity index (χ0) is 9.91. The van der Waals surface area contributed by atoms with E-state index in [2.05, 4.69) is 32.7 Å². The van der Waals surface area contributed by atoms with E-state index in [-0.39, 0.29) is 22.7 Å². The molecule has 1 saturated carbocycles. The molecule has 0 amide bonds. The van der Waals surface area contributed by atoms with Gasteiger partial charge >= 0.3 is 0 Å². The first-order chi connectivity index (χ1) is 5.81. The fourth-order valence-corrected chi connectivity index (χ4v) is 3.80. The second-order valence-corrected chi connectivity index (χ2v) is 6.55. The van der Waals surface area contributed by atoms with Crippen molar-refractivity contribution in [2.45, 2.75) is 38.5 Å². The quantitative estimate of drug-likeness (QED) is 0.586. The fraction of sp³-hybridized carbons (Fsp3) is 1.00. The third kappa shape index (κ3) is 1.32. The lowest BCUT2D eigenvalue weighted by Crippen LogP contribution is -2.58. The fourth-order valence-electron chi connectivity index (χ4n) is 3.27. The molecule has 1 heterocycles. The van der Waals surface area contributed by atoms with Gasteiger partial charge in [-0.15, -0.1) is 24.0 Å². The van der Waals surface area contributed by atoms with Crippen molar-refractivity contribution in [2.24, 2.45) is 10.8 Å². The maximum atomic E-state index is 6.74. The van der Waals surface area contributed by atoms with Crippen molar-refractivity contribution in [3.05, 3.63) is 0 Å². The topological polar surface area (TPSA) is 3.24 Å². The molecule has 2 atom stereocenters. The van der Waals surface area contributed by atoms with Crippen molar-refractivity contribution >= 4 is 24.0 Å². The van der Waals surface area contributed by atoms with E-state index in [1.165, 1.54) is 19.4 Å². The van der Waals surface area contributed by atoms with E-state index < -0.39 is 0 Å². The molecule has 0 radical (unpaired) electrons. The van der Waals surface area contributed by atoms with E-state index in [4.69, 9.17) is 11.6 Å². The number of halogens is 2. The predicted octanol–water partition coefficient (Wildman–Crippen LogP) is 3.16. The molecule has 2 rings (SSSR count). The zero-order valence-corrected chi connectivity index (χ0v) is 11.1. The number of alkyl halides is 1. The Balaban J connectivity index is 0.000000980. The van der Waals surface area contributed by atoms with Crippen molar-refractivity contribution in [2.75, 3.05) is 20.1 Å². The number of likely N-dealkylation sites (tertiary alicyclic amines) is 1. The first-order valence-corrected chi connectivity index (χ1v) is 5.56. The molecule has 0 aromatic carbocycles. The lowest BCUT2D eigenvalue weighted by molar-refractivity contribution is 0.00664. The van der Waals surface area contributed by atoms with Crippen LogP contribution in [-0.2, 0) is 0 Å². The molecule has 1 saturated heterocycles. The molecule has 2 unspecified atom stereocenters. The van der Waals surface area contributed by atoms with Gasteiger partial charge in [0.25, 0.3) is 0 Å². The van der Waals surface area contributed by atoms with Gasteiger partial charge in [-0.3, -0.25) is 0 Å². The van der Waals surface area contributed by atoms with E-state index >= 15 is 0 Å². The molecule has 0 aromatic heterocycles. The SMILES string of the molecule is CN1CC2(C)CCC(Cl)(C1)C2(C)C.Cl. The van der Waals surface area contributed by atoms with Crippen LogP contribution >= 0.6 is 24.0 Å². The molecule has 2 fully saturated rings. The number of rotatable bonds is 0. The Morgan fingerprint density at radius 1 is 1.07 bits per heavy atom. The Kier molecular flexibility index (Phi) is 2.94. The van der Waals surface area contributed by atoms with Crippen molar-refractivity contribution in [1.29, 1.82) is 0 Å². The molecule has 14 heavy (non-hydrogen) atoms. The number of hydrogen-bond donors (Lipinski definition) is 0. The van der Waals surface area contributed by atoms with Gasteiger partial charge in [-0.1, -0.05) is 20.8 Å².